The molecule has 0 saturated carbocycles. The van der Waals surface area contributed by atoms with Crippen LogP contribution in [0.4, 0.5) is 0 Å². The molecule has 1 aromatic rings. The first-order valence-corrected chi connectivity index (χ1v) is 11.0. The number of rotatable bonds is 11. The molecule has 0 aromatic heterocycles. The van der Waals surface area contributed by atoms with Gasteiger partial charge in [0.1, 0.15) is 5.75 Å². The molecular weight excluding hydrogens is 348 g/mol. The van der Waals surface area contributed by atoms with E-state index in [1.54, 1.807) is 0 Å². The summed E-state index contributed by atoms with van der Waals surface area (Å²) in [6.45, 7) is 19.3. The Morgan fingerprint density at radius 2 is 1.61 bits per heavy atom. The molecule has 0 bridgehead atoms. The van der Waals surface area contributed by atoms with Crippen LogP contribution in [0.2, 0.25) is 0 Å². The lowest BCUT2D eigenvalue weighted by Gasteiger charge is -2.31. The van der Waals surface area contributed by atoms with Gasteiger partial charge in [0, 0.05) is 5.56 Å². The Bertz CT molecular complexity index is 629. The minimum atomic E-state index is -0.557. The first-order valence-electron chi connectivity index (χ1n) is 11.0. The van der Waals surface area contributed by atoms with E-state index in [1.807, 2.05) is 13.8 Å². The summed E-state index contributed by atoms with van der Waals surface area (Å²) in [5, 5.41) is 0. The molecule has 0 heterocycles. The van der Waals surface area contributed by atoms with Gasteiger partial charge in [0.2, 0.25) is 0 Å². The average molecular weight is 391 g/mol. The number of ether oxygens (including phenoxy) is 2. The Balaban J connectivity index is 3.33. The molecule has 0 saturated heterocycles. The second kappa shape index (κ2) is 10.3. The monoisotopic (exact) mass is 390 g/mol. The minimum absolute atomic E-state index is 0.0353. The van der Waals surface area contributed by atoms with E-state index in [0.29, 0.717) is 6.42 Å². The van der Waals surface area contributed by atoms with E-state index in [0.717, 1.165) is 31.4 Å². The molecule has 1 rings (SSSR count). The maximum Gasteiger partial charge on any atom is 0.347 e. The van der Waals surface area contributed by atoms with Crippen molar-refractivity contribution < 1.29 is 14.3 Å². The summed E-state index contributed by atoms with van der Waals surface area (Å²) < 4.78 is 11.8. The molecule has 160 valence electrons. The van der Waals surface area contributed by atoms with Gasteiger partial charge >= 0.3 is 5.97 Å². The lowest BCUT2D eigenvalue weighted by Crippen LogP contribution is -2.32. The number of carbonyl (C=O) groups is 1. The van der Waals surface area contributed by atoms with Gasteiger partial charge in [-0.05, 0) is 62.0 Å². The molecule has 1 atom stereocenters. The Morgan fingerprint density at radius 1 is 1.00 bits per heavy atom. The molecule has 3 nitrogen and oxygen atoms in total. The van der Waals surface area contributed by atoms with Gasteiger partial charge in [0.15, 0.2) is 6.10 Å². The highest BCUT2D eigenvalue weighted by molar-refractivity contribution is 5.75. The molecule has 0 aliphatic heterocycles. The van der Waals surface area contributed by atoms with Crippen LogP contribution in [0.1, 0.15) is 106 Å². The van der Waals surface area contributed by atoms with Crippen LogP contribution >= 0.6 is 0 Å². The number of carbonyl (C=O) groups excluding carboxylic acids is 1. The molecule has 0 aliphatic carbocycles. The van der Waals surface area contributed by atoms with Crippen LogP contribution in [0, 0.1) is 0 Å². The van der Waals surface area contributed by atoms with Crippen molar-refractivity contribution in [1.82, 2.24) is 0 Å². The van der Waals surface area contributed by atoms with Crippen LogP contribution in [0.3, 0.4) is 0 Å². The highest BCUT2D eigenvalue weighted by atomic mass is 16.6. The SMILES string of the molecule is CCCCC(Oc1ccc(C(C)(C)CC)cc1C(C)(C)CC)C(=O)OC(C)C. The fraction of sp³-hybridized carbons (Fsp3) is 0.720. The zero-order valence-electron chi connectivity index (χ0n) is 19.6. The topological polar surface area (TPSA) is 35.5 Å². The van der Waals surface area contributed by atoms with Gasteiger partial charge < -0.3 is 9.47 Å². The molecule has 0 radical (unpaired) electrons. The Morgan fingerprint density at radius 3 is 2.11 bits per heavy atom. The number of hydrogen-bond acceptors (Lipinski definition) is 3. The third-order valence-electron chi connectivity index (χ3n) is 5.96. The van der Waals surface area contributed by atoms with Crippen molar-refractivity contribution in [2.75, 3.05) is 0 Å². The highest BCUT2D eigenvalue weighted by Gasteiger charge is 2.29. The average Bonchev–Trinajstić information content (AvgIpc) is 2.64. The molecule has 0 N–H and O–H groups in total. The van der Waals surface area contributed by atoms with Crippen molar-refractivity contribution in [3.05, 3.63) is 29.3 Å². The summed E-state index contributed by atoms with van der Waals surface area (Å²) in [6, 6.07) is 6.49. The van der Waals surface area contributed by atoms with Gasteiger partial charge in [-0.15, -0.1) is 0 Å². The van der Waals surface area contributed by atoms with E-state index in [2.05, 4.69) is 66.7 Å². The Labute approximate surface area is 173 Å². The van der Waals surface area contributed by atoms with E-state index in [9.17, 15) is 4.79 Å². The van der Waals surface area contributed by atoms with Gasteiger partial charge in [-0.3, -0.25) is 0 Å². The predicted molar refractivity (Wildman–Crippen MR) is 118 cm³/mol. The van der Waals surface area contributed by atoms with Crippen LogP contribution in [-0.2, 0) is 20.4 Å². The highest BCUT2D eigenvalue weighted by Crippen LogP contribution is 2.39. The smallest absolute Gasteiger partial charge is 0.347 e. The van der Waals surface area contributed by atoms with Gasteiger partial charge in [-0.2, -0.15) is 0 Å². The normalized spacial score (nSPS) is 13.5. The second-order valence-electron chi connectivity index (χ2n) is 9.42. The van der Waals surface area contributed by atoms with E-state index < -0.39 is 6.10 Å². The lowest BCUT2D eigenvalue weighted by molar-refractivity contribution is -0.156. The third kappa shape index (κ3) is 6.53. The first-order chi connectivity index (χ1) is 13.0. The van der Waals surface area contributed by atoms with Gasteiger partial charge in [0.25, 0.3) is 0 Å². The van der Waals surface area contributed by atoms with E-state index in [1.165, 1.54) is 11.1 Å². The number of esters is 1. The molecule has 1 aromatic carbocycles. The van der Waals surface area contributed by atoms with Crippen LogP contribution < -0.4 is 4.74 Å². The molecule has 0 fully saturated rings. The van der Waals surface area contributed by atoms with Crippen LogP contribution in [-0.4, -0.2) is 18.2 Å². The largest absolute Gasteiger partial charge is 0.478 e. The van der Waals surface area contributed by atoms with Crippen molar-refractivity contribution in [2.24, 2.45) is 0 Å². The number of unbranched alkanes of at least 4 members (excludes halogenated alkanes) is 1. The van der Waals surface area contributed by atoms with Gasteiger partial charge in [-0.25, -0.2) is 4.79 Å². The van der Waals surface area contributed by atoms with Crippen LogP contribution in [0.25, 0.3) is 0 Å². The van der Waals surface area contributed by atoms with Gasteiger partial charge in [-0.1, -0.05) is 67.0 Å². The summed E-state index contributed by atoms with van der Waals surface area (Å²) in [7, 11) is 0. The summed E-state index contributed by atoms with van der Waals surface area (Å²) in [5.41, 5.74) is 2.56. The summed E-state index contributed by atoms with van der Waals surface area (Å²) in [6.07, 6.45) is 4.00. The van der Waals surface area contributed by atoms with E-state index in [4.69, 9.17) is 9.47 Å². The van der Waals surface area contributed by atoms with Crippen molar-refractivity contribution >= 4 is 5.97 Å². The van der Waals surface area contributed by atoms with Crippen LogP contribution in [0.5, 0.6) is 5.75 Å². The van der Waals surface area contributed by atoms with Crippen molar-refractivity contribution in [3.8, 4) is 5.75 Å². The van der Waals surface area contributed by atoms with Crippen LogP contribution in [0.15, 0.2) is 18.2 Å². The minimum Gasteiger partial charge on any atom is -0.478 e. The summed E-state index contributed by atoms with van der Waals surface area (Å²) in [4.78, 5) is 12.6. The third-order valence-corrected chi connectivity index (χ3v) is 5.96. The number of hydrogen-bond donors (Lipinski definition) is 0. The molecular formula is C25H42O3. The fourth-order valence-electron chi connectivity index (χ4n) is 3.05. The van der Waals surface area contributed by atoms with Crippen molar-refractivity contribution in [1.29, 1.82) is 0 Å². The molecule has 28 heavy (non-hydrogen) atoms. The van der Waals surface area contributed by atoms with Crippen molar-refractivity contribution in [3.63, 3.8) is 0 Å². The Hall–Kier alpha value is -1.51. The number of benzene rings is 1. The van der Waals surface area contributed by atoms with Crippen molar-refractivity contribution in [2.45, 2.75) is 117 Å². The maximum atomic E-state index is 12.6. The van der Waals surface area contributed by atoms with Gasteiger partial charge in [0.05, 0.1) is 6.10 Å². The standard InChI is InChI=1S/C25H42O3/c1-10-13-14-22(23(26)27-18(4)5)28-21-16-15-19(24(6,7)11-2)17-20(21)25(8,9)12-3/h15-18,22H,10-14H2,1-9H3. The predicted octanol–water partition coefficient (Wildman–Crippen LogP) is 6.95. The summed E-state index contributed by atoms with van der Waals surface area (Å²) in [5.74, 6) is 0.547. The fourth-order valence-corrected chi connectivity index (χ4v) is 3.05. The van der Waals surface area contributed by atoms with E-state index in [-0.39, 0.29) is 22.9 Å². The zero-order chi connectivity index (χ0) is 21.5. The lowest BCUT2D eigenvalue weighted by atomic mass is 9.76. The zero-order valence-corrected chi connectivity index (χ0v) is 19.6. The second-order valence-corrected chi connectivity index (χ2v) is 9.42. The molecule has 0 aliphatic rings. The molecule has 0 amide bonds. The molecule has 1 unspecified atom stereocenters. The molecule has 0 spiro atoms. The van der Waals surface area contributed by atoms with E-state index >= 15 is 0 Å². The Kier molecular flexibility index (Phi) is 9.04. The summed E-state index contributed by atoms with van der Waals surface area (Å²) >= 11 is 0. The molecule has 3 heteroatoms. The quantitative estimate of drug-likeness (QED) is 0.383. The maximum absolute atomic E-state index is 12.6. The first kappa shape index (κ1) is 24.5.